The molecule has 1 aromatic carbocycles. The summed E-state index contributed by atoms with van der Waals surface area (Å²) in [6.07, 6.45) is 4.01. The van der Waals surface area contributed by atoms with Crippen molar-refractivity contribution in [2.75, 3.05) is 20.3 Å². The van der Waals surface area contributed by atoms with Crippen LogP contribution in [0.1, 0.15) is 37.8 Å². The third-order valence-electron chi connectivity index (χ3n) is 3.53. The van der Waals surface area contributed by atoms with Crippen LogP contribution in [0, 0.1) is 0 Å². The summed E-state index contributed by atoms with van der Waals surface area (Å²) in [6, 6.07) is 8.58. The Balaban J connectivity index is 1.77. The predicted molar refractivity (Wildman–Crippen MR) is 73.0 cm³/mol. The minimum atomic E-state index is 0.349. The Morgan fingerprint density at radius 2 is 2.39 bits per heavy atom. The fourth-order valence-electron chi connectivity index (χ4n) is 2.36. The number of hydrogen-bond acceptors (Lipinski definition) is 3. The highest BCUT2D eigenvalue weighted by molar-refractivity contribution is 5.30. The second-order valence-electron chi connectivity index (χ2n) is 4.88. The molecule has 1 saturated heterocycles. The van der Waals surface area contributed by atoms with Crippen LogP contribution < -0.4 is 10.1 Å². The largest absolute Gasteiger partial charge is 0.497 e. The molecule has 0 aromatic heterocycles. The summed E-state index contributed by atoms with van der Waals surface area (Å²) in [5.41, 5.74) is 1.27. The van der Waals surface area contributed by atoms with E-state index in [4.69, 9.17) is 9.47 Å². The zero-order valence-corrected chi connectivity index (χ0v) is 11.3. The molecule has 3 heteroatoms. The van der Waals surface area contributed by atoms with E-state index < -0.39 is 0 Å². The zero-order valence-electron chi connectivity index (χ0n) is 11.3. The second kappa shape index (κ2) is 6.76. The van der Waals surface area contributed by atoms with Gasteiger partial charge in [0.05, 0.1) is 13.2 Å². The molecule has 0 spiro atoms. The fraction of sp³-hybridized carbons (Fsp3) is 0.600. The maximum atomic E-state index is 5.62. The molecule has 1 N–H and O–H groups in total. The summed E-state index contributed by atoms with van der Waals surface area (Å²) in [7, 11) is 1.70. The molecule has 0 aliphatic carbocycles. The highest BCUT2D eigenvalue weighted by atomic mass is 16.5. The highest BCUT2D eigenvalue weighted by Gasteiger charge is 2.15. The van der Waals surface area contributed by atoms with Crippen molar-refractivity contribution >= 4 is 0 Å². The molecule has 1 heterocycles. The standard InChI is InChI=1S/C15H23NO2/c1-12(13-5-3-6-15(11-13)17-2)16-9-8-14-7-4-10-18-14/h3,5-6,11-12,14,16H,4,7-10H2,1-2H3/t12-,14?/m1/s1. The Bertz CT molecular complexity index is 361. The van der Waals surface area contributed by atoms with E-state index in [0.29, 0.717) is 12.1 Å². The molecule has 100 valence electrons. The topological polar surface area (TPSA) is 30.5 Å². The molecular weight excluding hydrogens is 226 g/mol. The van der Waals surface area contributed by atoms with Crippen LogP contribution in [-0.2, 0) is 4.74 Å². The quantitative estimate of drug-likeness (QED) is 0.841. The van der Waals surface area contributed by atoms with Gasteiger partial charge in [-0.1, -0.05) is 12.1 Å². The van der Waals surface area contributed by atoms with Gasteiger partial charge in [0.25, 0.3) is 0 Å². The van der Waals surface area contributed by atoms with Crippen molar-refractivity contribution in [2.24, 2.45) is 0 Å². The van der Waals surface area contributed by atoms with E-state index in [1.807, 2.05) is 12.1 Å². The van der Waals surface area contributed by atoms with E-state index in [0.717, 1.165) is 25.3 Å². The first-order chi connectivity index (χ1) is 8.79. The van der Waals surface area contributed by atoms with Gasteiger partial charge in [0, 0.05) is 12.6 Å². The number of ether oxygens (including phenoxy) is 2. The summed E-state index contributed by atoms with van der Waals surface area (Å²) >= 11 is 0. The Kier molecular flexibility index (Phi) is 5.02. The Morgan fingerprint density at radius 3 is 3.11 bits per heavy atom. The number of rotatable bonds is 6. The monoisotopic (exact) mass is 249 g/mol. The summed E-state index contributed by atoms with van der Waals surface area (Å²) in [5, 5.41) is 3.54. The lowest BCUT2D eigenvalue weighted by Crippen LogP contribution is -2.23. The van der Waals surface area contributed by atoms with Gasteiger partial charge in [-0.3, -0.25) is 0 Å². The van der Waals surface area contributed by atoms with Crippen molar-refractivity contribution in [1.82, 2.24) is 5.32 Å². The molecule has 3 nitrogen and oxygen atoms in total. The lowest BCUT2D eigenvalue weighted by atomic mass is 10.1. The van der Waals surface area contributed by atoms with Crippen molar-refractivity contribution in [1.29, 1.82) is 0 Å². The van der Waals surface area contributed by atoms with Gasteiger partial charge in [-0.15, -0.1) is 0 Å². The minimum Gasteiger partial charge on any atom is -0.497 e. The second-order valence-corrected chi connectivity index (χ2v) is 4.88. The molecule has 1 unspecified atom stereocenters. The molecule has 1 aliphatic rings. The van der Waals surface area contributed by atoms with Crippen molar-refractivity contribution < 1.29 is 9.47 Å². The van der Waals surface area contributed by atoms with Gasteiger partial charge in [-0.25, -0.2) is 0 Å². The molecule has 1 fully saturated rings. The molecule has 0 amide bonds. The van der Waals surface area contributed by atoms with E-state index in [-0.39, 0.29) is 0 Å². The first kappa shape index (κ1) is 13.4. The van der Waals surface area contributed by atoms with Gasteiger partial charge in [0.2, 0.25) is 0 Å². The van der Waals surface area contributed by atoms with Crippen molar-refractivity contribution in [3.63, 3.8) is 0 Å². The average molecular weight is 249 g/mol. The van der Waals surface area contributed by atoms with E-state index in [9.17, 15) is 0 Å². The number of methoxy groups -OCH3 is 1. The van der Waals surface area contributed by atoms with Gasteiger partial charge in [-0.2, -0.15) is 0 Å². The van der Waals surface area contributed by atoms with Crippen LogP contribution in [-0.4, -0.2) is 26.4 Å². The number of benzene rings is 1. The van der Waals surface area contributed by atoms with Crippen LogP contribution in [0.4, 0.5) is 0 Å². The number of hydrogen-bond donors (Lipinski definition) is 1. The minimum absolute atomic E-state index is 0.349. The maximum Gasteiger partial charge on any atom is 0.119 e. The van der Waals surface area contributed by atoms with Crippen LogP contribution in [0.3, 0.4) is 0 Å². The first-order valence-corrected chi connectivity index (χ1v) is 6.78. The van der Waals surface area contributed by atoms with Gasteiger partial charge >= 0.3 is 0 Å². The Labute approximate surface area is 109 Å². The molecule has 1 aliphatic heterocycles. The third-order valence-corrected chi connectivity index (χ3v) is 3.53. The zero-order chi connectivity index (χ0) is 12.8. The van der Waals surface area contributed by atoms with Crippen LogP contribution in [0.25, 0.3) is 0 Å². The lowest BCUT2D eigenvalue weighted by Gasteiger charge is -2.16. The number of nitrogens with one attached hydrogen (secondary N) is 1. The summed E-state index contributed by atoms with van der Waals surface area (Å²) < 4.78 is 10.9. The maximum absolute atomic E-state index is 5.62. The molecule has 1 aromatic rings. The molecule has 0 bridgehead atoms. The van der Waals surface area contributed by atoms with E-state index in [1.165, 1.54) is 18.4 Å². The third kappa shape index (κ3) is 3.72. The summed E-state index contributed by atoms with van der Waals surface area (Å²) in [6.45, 7) is 4.13. The summed E-state index contributed by atoms with van der Waals surface area (Å²) in [4.78, 5) is 0. The van der Waals surface area contributed by atoms with Gasteiger partial charge in [0.1, 0.15) is 5.75 Å². The van der Waals surface area contributed by atoms with E-state index in [2.05, 4.69) is 24.4 Å². The normalized spacial score (nSPS) is 20.9. The molecule has 2 rings (SSSR count). The predicted octanol–water partition coefficient (Wildman–Crippen LogP) is 2.91. The van der Waals surface area contributed by atoms with E-state index in [1.54, 1.807) is 7.11 Å². The van der Waals surface area contributed by atoms with Crippen LogP contribution in [0.15, 0.2) is 24.3 Å². The van der Waals surface area contributed by atoms with Crippen LogP contribution in [0.5, 0.6) is 5.75 Å². The van der Waals surface area contributed by atoms with Gasteiger partial charge < -0.3 is 14.8 Å². The summed E-state index contributed by atoms with van der Waals surface area (Å²) in [5.74, 6) is 0.917. The fourth-order valence-corrected chi connectivity index (χ4v) is 2.36. The molecule has 0 radical (unpaired) electrons. The average Bonchev–Trinajstić information content (AvgIpc) is 2.92. The molecule has 2 atom stereocenters. The highest BCUT2D eigenvalue weighted by Crippen LogP contribution is 2.19. The van der Waals surface area contributed by atoms with Gasteiger partial charge in [0.15, 0.2) is 0 Å². The van der Waals surface area contributed by atoms with Gasteiger partial charge in [-0.05, 0) is 50.4 Å². The molecule has 0 saturated carbocycles. The van der Waals surface area contributed by atoms with E-state index >= 15 is 0 Å². The SMILES string of the molecule is COc1cccc([C@@H](C)NCCC2CCCO2)c1. The van der Waals surface area contributed by atoms with Crippen LogP contribution >= 0.6 is 0 Å². The molecular formula is C15H23NO2. The first-order valence-electron chi connectivity index (χ1n) is 6.78. The van der Waals surface area contributed by atoms with Crippen molar-refractivity contribution in [3.05, 3.63) is 29.8 Å². The Hall–Kier alpha value is -1.06. The lowest BCUT2D eigenvalue weighted by molar-refractivity contribution is 0.103. The Morgan fingerprint density at radius 1 is 1.50 bits per heavy atom. The molecule has 18 heavy (non-hydrogen) atoms. The van der Waals surface area contributed by atoms with Crippen LogP contribution in [0.2, 0.25) is 0 Å². The van der Waals surface area contributed by atoms with Crippen molar-refractivity contribution in [2.45, 2.75) is 38.3 Å². The smallest absolute Gasteiger partial charge is 0.119 e. The van der Waals surface area contributed by atoms with Crippen molar-refractivity contribution in [3.8, 4) is 5.75 Å².